The van der Waals surface area contributed by atoms with Gasteiger partial charge in [-0.05, 0) is 47.5 Å². The van der Waals surface area contributed by atoms with E-state index < -0.39 is 23.8 Å². The minimum absolute atomic E-state index is 0.271. The van der Waals surface area contributed by atoms with Crippen molar-refractivity contribution >= 4 is 27.5 Å². The molecule has 0 saturated heterocycles. The first-order valence-corrected chi connectivity index (χ1v) is 11.2. The third kappa shape index (κ3) is 6.78. The molecule has 0 heterocycles. The summed E-state index contributed by atoms with van der Waals surface area (Å²) in [6, 6.07) is 29.7. The summed E-state index contributed by atoms with van der Waals surface area (Å²) >= 11 is 3.28. The van der Waals surface area contributed by atoms with Gasteiger partial charge in [-0.1, -0.05) is 88.7 Å². The average molecular weight is 521 g/mol. The molecule has 0 aliphatic rings. The van der Waals surface area contributed by atoms with Gasteiger partial charge in [0.1, 0.15) is 18.0 Å². The van der Waals surface area contributed by atoms with E-state index in [0.717, 1.165) is 4.47 Å². The molecule has 2 unspecified atom stereocenters. The number of benzene rings is 4. The number of rotatable bonds is 6. The van der Waals surface area contributed by atoms with Gasteiger partial charge < -0.3 is 10.2 Å². The summed E-state index contributed by atoms with van der Waals surface area (Å²) in [6.45, 7) is 0. The van der Waals surface area contributed by atoms with Crippen LogP contribution in [0.4, 0.5) is 4.39 Å². The third-order valence-corrected chi connectivity index (χ3v) is 5.51. The van der Waals surface area contributed by atoms with E-state index in [1.165, 1.54) is 24.3 Å². The molecule has 34 heavy (non-hydrogen) atoms. The van der Waals surface area contributed by atoms with Crippen molar-refractivity contribution < 1.29 is 24.2 Å². The van der Waals surface area contributed by atoms with Gasteiger partial charge in [0.05, 0.1) is 0 Å². The molecule has 6 heteroatoms. The topological polar surface area (TPSA) is 74.6 Å². The van der Waals surface area contributed by atoms with Crippen LogP contribution in [0.1, 0.15) is 44.1 Å². The highest BCUT2D eigenvalue weighted by Gasteiger charge is 2.19. The Balaban J connectivity index is 0.000000192. The van der Waals surface area contributed by atoms with E-state index in [-0.39, 0.29) is 11.3 Å². The maximum Gasteiger partial charge on any atom is 0.195 e. The molecule has 0 spiro atoms. The lowest BCUT2D eigenvalue weighted by Crippen LogP contribution is -2.12. The van der Waals surface area contributed by atoms with Crippen molar-refractivity contribution in [3.8, 4) is 0 Å². The molecule has 4 nitrogen and oxygen atoms in total. The first kappa shape index (κ1) is 25.2. The fourth-order valence-corrected chi connectivity index (χ4v) is 3.38. The minimum atomic E-state index is -1.23. The second-order valence-corrected chi connectivity index (χ2v) is 8.28. The van der Waals surface area contributed by atoms with Crippen molar-refractivity contribution in [3.05, 3.63) is 142 Å². The second kappa shape index (κ2) is 12.1. The Bertz CT molecular complexity index is 1210. The van der Waals surface area contributed by atoms with E-state index in [1.807, 2.05) is 12.1 Å². The first-order chi connectivity index (χ1) is 16.4. The van der Waals surface area contributed by atoms with Crippen LogP contribution in [0.3, 0.4) is 0 Å². The van der Waals surface area contributed by atoms with Gasteiger partial charge in [-0.25, -0.2) is 4.39 Å². The summed E-state index contributed by atoms with van der Waals surface area (Å²) in [5.74, 6) is -1.13. The van der Waals surface area contributed by atoms with Crippen LogP contribution in [-0.2, 0) is 0 Å². The lowest BCUT2D eigenvalue weighted by atomic mass is 10.0. The molecular weight excluding hydrogens is 499 g/mol. The van der Waals surface area contributed by atoms with E-state index >= 15 is 0 Å². The number of Topliss-reactive ketones (excluding diaryl/α,β-unsaturated/α-hetero) is 2. The Labute approximate surface area is 205 Å². The molecule has 0 bridgehead atoms. The lowest BCUT2D eigenvalue weighted by molar-refractivity contribution is 0.0743. The molecule has 0 amide bonds. The zero-order chi connectivity index (χ0) is 24.5. The minimum Gasteiger partial charge on any atom is -0.380 e. The molecule has 0 radical (unpaired) electrons. The molecule has 0 aromatic heterocycles. The quantitative estimate of drug-likeness (QED) is 0.301. The van der Waals surface area contributed by atoms with Crippen LogP contribution in [0.25, 0.3) is 0 Å². The van der Waals surface area contributed by atoms with Crippen LogP contribution in [-0.4, -0.2) is 21.8 Å². The number of carbonyl (C=O) groups is 2. The molecular formula is C28H22BrFO4. The summed E-state index contributed by atoms with van der Waals surface area (Å²) in [6.07, 6.45) is -2.31. The number of aliphatic hydroxyl groups excluding tert-OH is 2. The Hall–Kier alpha value is -3.45. The third-order valence-electron chi connectivity index (χ3n) is 4.98. The Morgan fingerprint density at radius 1 is 0.588 bits per heavy atom. The van der Waals surface area contributed by atoms with Gasteiger partial charge in [-0.15, -0.1) is 0 Å². The summed E-state index contributed by atoms with van der Waals surface area (Å²) < 4.78 is 13.6. The van der Waals surface area contributed by atoms with Gasteiger partial charge in [0.2, 0.25) is 0 Å². The first-order valence-electron chi connectivity index (χ1n) is 10.4. The van der Waals surface area contributed by atoms with Gasteiger partial charge in [-0.3, -0.25) is 9.59 Å². The highest BCUT2D eigenvalue weighted by molar-refractivity contribution is 9.10. The molecule has 0 aliphatic heterocycles. The van der Waals surface area contributed by atoms with Crippen LogP contribution in [0.15, 0.2) is 114 Å². The van der Waals surface area contributed by atoms with Gasteiger partial charge in [0.25, 0.3) is 0 Å². The number of aliphatic hydroxyl groups is 2. The molecule has 4 aromatic carbocycles. The van der Waals surface area contributed by atoms with Crippen molar-refractivity contribution in [2.75, 3.05) is 0 Å². The number of hydrogen-bond acceptors (Lipinski definition) is 4. The Kier molecular flexibility index (Phi) is 8.99. The summed E-state index contributed by atoms with van der Waals surface area (Å²) in [5.41, 5.74) is 1.94. The molecule has 2 N–H and O–H groups in total. The van der Waals surface area contributed by atoms with Crippen LogP contribution < -0.4 is 0 Å². The van der Waals surface area contributed by atoms with Crippen LogP contribution in [0, 0.1) is 5.82 Å². The van der Waals surface area contributed by atoms with Crippen LogP contribution >= 0.6 is 15.9 Å². The highest BCUT2D eigenvalue weighted by atomic mass is 79.9. The number of halogens is 2. The molecule has 4 aromatic rings. The van der Waals surface area contributed by atoms with E-state index in [0.29, 0.717) is 16.7 Å². The van der Waals surface area contributed by atoms with Gasteiger partial charge >= 0.3 is 0 Å². The lowest BCUT2D eigenvalue weighted by Gasteiger charge is -2.10. The number of hydrogen-bond donors (Lipinski definition) is 2. The zero-order valence-corrected chi connectivity index (χ0v) is 19.6. The van der Waals surface area contributed by atoms with Gasteiger partial charge in [0, 0.05) is 15.6 Å². The smallest absolute Gasteiger partial charge is 0.195 e. The van der Waals surface area contributed by atoms with E-state index in [9.17, 15) is 24.2 Å². The fraction of sp³-hybridized carbons (Fsp3) is 0.0714. The van der Waals surface area contributed by atoms with Crippen molar-refractivity contribution in [2.24, 2.45) is 0 Å². The van der Waals surface area contributed by atoms with E-state index in [4.69, 9.17) is 0 Å². The van der Waals surface area contributed by atoms with Crippen molar-refractivity contribution in [3.63, 3.8) is 0 Å². The molecule has 0 saturated carbocycles. The summed E-state index contributed by atoms with van der Waals surface area (Å²) in [7, 11) is 0. The highest BCUT2D eigenvalue weighted by Crippen LogP contribution is 2.21. The normalized spacial score (nSPS) is 12.1. The zero-order valence-electron chi connectivity index (χ0n) is 18.0. The van der Waals surface area contributed by atoms with E-state index in [2.05, 4.69) is 15.9 Å². The summed E-state index contributed by atoms with van der Waals surface area (Å²) in [5, 5.41) is 19.8. The monoisotopic (exact) mass is 520 g/mol. The Morgan fingerprint density at radius 2 is 1.00 bits per heavy atom. The summed E-state index contributed by atoms with van der Waals surface area (Å²) in [4.78, 5) is 23.9. The van der Waals surface area contributed by atoms with Crippen LogP contribution in [0.5, 0.6) is 0 Å². The molecule has 4 rings (SSSR count). The largest absolute Gasteiger partial charge is 0.380 e. The number of carbonyl (C=O) groups excluding carboxylic acids is 2. The van der Waals surface area contributed by atoms with E-state index in [1.54, 1.807) is 72.8 Å². The molecule has 172 valence electrons. The SMILES string of the molecule is O=C(c1ccc(F)cc1)C(O)c1ccc(Br)cc1.O=C(c1ccccc1)C(O)c1ccccc1. The predicted molar refractivity (Wildman–Crippen MR) is 132 cm³/mol. The maximum atomic E-state index is 12.7. The molecule has 2 atom stereocenters. The second-order valence-electron chi connectivity index (χ2n) is 7.37. The van der Waals surface area contributed by atoms with Crippen molar-refractivity contribution in [1.29, 1.82) is 0 Å². The van der Waals surface area contributed by atoms with Gasteiger partial charge in [0.15, 0.2) is 11.6 Å². The molecule has 0 aliphatic carbocycles. The predicted octanol–water partition coefficient (Wildman–Crippen LogP) is 6.11. The molecule has 0 fully saturated rings. The van der Waals surface area contributed by atoms with Crippen molar-refractivity contribution in [1.82, 2.24) is 0 Å². The van der Waals surface area contributed by atoms with Crippen molar-refractivity contribution in [2.45, 2.75) is 12.2 Å². The standard InChI is InChI=1S/C14H10BrFO2.C14H12O2/c15-11-5-1-9(2-6-11)13(17)14(18)10-3-7-12(16)8-4-10;15-13(11-7-3-1-4-8-11)14(16)12-9-5-2-6-10-12/h1-8,13,17H;1-10,13,15H. The number of ketones is 2. The fourth-order valence-electron chi connectivity index (χ4n) is 3.12. The van der Waals surface area contributed by atoms with Gasteiger partial charge in [-0.2, -0.15) is 0 Å². The van der Waals surface area contributed by atoms with Crippen LogP contribution in [0.2, 0.25) is 0 Å². The average Bonchev–Trinajstić information content (AvgIpc) is 2.89. The maximum absolute atomic E-state index is 12.7. The Morgan fingerprint density at radius 3 is 1.50 bits per heavy atom.